The Kier molecular flexibility index (Phi) is 6.63. The number of nitrogens with two attached hydrogens (primary N) is 1. The number of halogens is 1. The maximum atomic E-state index is 12.7. The third kappa shape index (κ3) is 5.21. The second-order valence-electron chi connectivity index (χ2n) is 6.61. The highest BCUT2D eigenvalue weighted by Gasteiger charge is 2.27. The Balaban J connectivity index is 2.06. The third-order valence-corrected chi connectivity index (χ3v) is 4.83. The van der Waals surface area contributed by atoms with E-state index in [-0.39, 0.29) is 30.3 Å². The molecule has 5 nitrogen and oxygen atoms in total. The Morgan fingerprint density at radius 2 is 2.04 bits per heavy atom. The fourth-order valence-corrected chi connectivity index (χ4v) is 3.29. The minimum absolute atomic E-state index is 0.0500. The van der Waals surface area contributed by atoms with Gasteiger partial charge in [-0.05, 0) is 43.4 Å². The summed E-state index contributed by atoms with van der Waals surface area (Å²) in [6.45, 7) is 4.91. The van der Waals surface area contributed by atoms with E-state index in [0.717, 1.165) is 24.9 Å². The topological polar surface area (TPSA) is 75.4 Å². The van der Waals surface area contributed by atoms with Crippen LogP contribution in [0, 0.1) is 5.92 Å². The van der Waals surface area contributed by atoms with Crippen molar-refractivity contribution in [2.75, 3.05) is 13.1 Å². The summed E-state index contributed by atoms with van der Waals surface area (Å²) in [6, 6.07) is 6.96. The highest BCUT2D eigenvalue weighted by atomic mass is 35.5. The third-order valence-electron chi connectivity index (χ3n) is 4.58. The van der Waals surface area contributed by atoms with Gasteiger partial charge in [0, 0.05) is 31.1 Å². The molecule has 3 unspecified atom stereocenters. The van der Waals surface area contributed by atoms with Crippen molar-refractivity contribution in [2.24, 2.45) is 11.7 Å². The van der Waals surface area contributed by atoms with Crippen LogP contribution >= 0.6 is 11.6 Å². The molecule has 0 radical (unpaired) electrons. The van der Waals surface area contributed by atoms with E-state index in [0.29, 0.717) is 17.5 Å². The van der Waals surface area contributed by atoms with Gasteiger partial charge in [0.15, 0.2) is 0 Å². The summed E-state index contributed by atoms with van der Waals surface area (Å²) >= 11 is 5.92. The van der Waals surface area contributed by atoms with Crippen LogP contribution in [-0.4, -0.2) is 35.8 Å². The molecule has 1 aromatic carbocycles. The summed E-state index contributed by atoms with van der Waals surface area (Å²) in [6.07, 6.45) is 2.28. The summed E-state index contributed by atoms with van der Waals surface area (Å²) in [5.41, 5.74) is 6.87. The number of likely N-dealkylation sites (tertiary alicyclic amines) is 1. The molecular weight excluding hydrogens is 326 g/mol. The Bertz CT molecular complexity index is 574. The van der Waals surface area contributed by atoms with Gasteiger partial charge < -0.3 is 16.0 Å². The van der Waals surface area contributed by atoms with Gasteiger partial charge in [-0.25, -0.2) is 0 Å². The van der Waals surface area contributed by atoms with E-state index in [1.165, 1.54) is 6.92 Å². The number of rotatable bonds is 5. The first-order valence-electron chi connectivity index (χ1n) is 8.42. The second kappa shape index (κ2) is 8.49. The number of amides is 2. The van der Waals surface area contributed by atoms with Gasteiger partial charge in [-0.2, -0.15) is 0 Å². The van der Waals surface area contributed by atoms with Crippen molar-refractivity contribution >= 4 is 23.4 Å². The van der Waals surface area contributed by atoms with E-state index in [1.807, 2.05) is 24.0 Å². The maximum absolute atomic E-state index is 12.7. The van der Waals surface area contributed by atoms with Crippen LogP contribution in [0.2, 0.25) is 5.02 Å². The van der Waals surface area contributed by atoms with Crippen molar-refractivity contribution in [3.05, 3.63) is 34.9 Å². The van der Waals surface area contributed by atoms with Gasteiger partial charge in [0.2, 0.25) is 11.8 Å². The molecule has 0 aromatic heterocycles. The molecule has 0 bridgehead atoms. The number of benzene rings is 1. The first kappa shape index (κ1) is 18.7. The predicted molar refractivity (Wildman–Crippen MR) is 95.6 cm³/mol. The molecule has 0 saturated carbocycles. The van der Waals surface area contributed by atoms with Crippen molar-refractivity contribution in [3.63, 3.8) is 0 Å². The summed E-state index contributed by atoms with van der Waals surface area (Å²) in [5, 5.41) is 3.49. The number of hydrogen-bond acceptors (Lipinski definition) is 3. The van der Waals surface area contributed by atoms with Crippen LogP contribution in [0.4, 0.5) is 0 Å². The number of carbonyl (C=O) groups excluding carboxylic acids is 2. The van der Waals surface area contributed by atoms with Crippen LogP contribution in [0.3, 0.4) is 0 Å². The SMILES string of the molecule is CC(=O)NC(CC(=O)N1CCCC(C(C)N)C1)c1ccc(Cl)cc1. The average molecular weight is 352 g/mol. The maximum Gasteiger partial charge on any atom is 0.224 e. The normalized spacial score (nSPS) is 20.3. The van der Waals surface area contributed by atoms with Gasteiger partial charge in [-0.15, -0.1) is 0 Å². The summed E-state index contributed by atoms with van der Waals surface area (Å²) in [4.78, 5) is 26.1. The lowest BCUT2D eigenvalue weighted by Crippen LogP contribution is -2.46. The summed E-state index contributed by atoms with van der Waals surface area (Å²) in [5.74, 6) is 0.237. The molecule has 3 N–H and O–H groups in total. The zero-order valence-corrected chi connectivity index (χ0v) is 15.1. The van der Waals surface area contributed by atoms with Gasteiger partial charge in [-0.1, -0.05) is 23.7 Å². The second-order valence-corrected chi connectivity index (χ2v) is 7.05. The number of nitrogens with zero attached hydrogens (tertiary/aromatic N) is 1. The van der Waals surface area contributed by atoms with Crippen LogP contribution in [-0.2, 0) is 9.59 Å². The smallest absolute Gasteiger partial charge is 0.224 e. The quantitative estimate of drug-likeness (QED) is 0.855. The van der Waals surface area contributed by atoms with E-state index in [2.05, 4.69) is 5.32 Å². The Morgan fingerprint density at radius 3 is 2.62 bits per heavy atom. The summed E-state index contributed by atoms with van der Waals surface area (Å²) in [7, 11) is 0. The van der Waals surface area contributed by atoms with Crippen molar-refractivity contribution in [2.45, 2.75) is 45.2 Å². The molecular formula is C18H26ClN3O2. The first-order chi connectivity index (χ1) is 11.4. The lowest BCUT2D eigenvalue weighted by molar-refractivity contribution is -0.134. The lowest BCUT2D eigenvalue weighted by Gasteiger charge is -2.35. The number of piperidine rings is 1. The number of hydrogen-bond donors (Lipinski definition) is 2. The molecule has 3 atom stereocenters. The van der Waals surface area contributed by atoms with Gasteiger partial charge in [0.1, 0.15) is 0 Å². The zero-order chi connectivity index (χ0) is 17.7. The van der Waals surface area contributed by atoms with Crippen LogP contribution in [0.25, 0.3) is 0 Å². The summed E-state index contributed by atoms with van der Waals surface area (Å²) < 4.78 is 0. The molecule has 1 saturated heterocycles. The van der Waals surface area contributed by atoms with Gasteiger partial charge >= 0.3 is 0 Å². The number of nitrogens with one attached hydrogen (secondary N) is 1. The van der Waals surface area contributed by atoms with Crippen LogP contribution < -0.4 is 11.1 Å². The molecule has 0 spiro atoms. The van der Waals surface area contributed by atoms with Crippen LogP contribution in [0.1, 0.15) is 44.7 Å². The lowest BCUT2D eigenvalue weighted by atomic mass is 9.91. The molecule has 6 heteroatoms. The fraction of sp³-hybridized carbons (Fsp3) is 0.556. The fourth-order valence-electron chi connectivity index (χ4n) is 3.16. The highest BCUT2D eigenvalue weighted by molar-refractivity contribution is 6.30. The monoisotopic (exact) mass is 351 g/mol. The van der Waals surface area contributed by atoms with Gasteiger partial charge in [0.25, 0.3) is 0 Å². The predicted octanol–water partition coefficient (Wildman–Crippen LogP) is 2.49. The van der Waals surface area contributed by atoms with Crippen molar-refractivity contribution in [1.29, 1.82) is 0 Å². The first-order valence-corrected chi connectivity index (χ1v) is 8.80. The Morgan fingerprint density at radius 1 is 1.38 bits per heavy atom. The minimum Gasteiger partial charge on any atom is -0.349 e. The van der Waals surface area contributed by atoms with E-state index in [4.69, 9.17) is 17.3 Å². The van der Waals surface area contributed by atoms with Crippen molar-refractivity contribution < 1.29 is 9.59 Å². The van der Waals surface area contributed by atoms with Crippen molar-refractivity contribution in [1.82, 2.24) is 10.2 Å². The zero-order valence-electron chi connectivity index (χ0n) is 14.3. The standard InChI is InChI=1S/C18H26ClN3O2/c1-12(20)15-4-3-9-22(11-15)18(24)10-17(21-13(2)23)14-5-7-16(19)8-6-14/h5-8,12,15,17H,3-4,9-11,20H2,1-2H3,(H,21,23). The van der Waals surface area contributed by atoms with E-state index >= 15 is 0 Å². The van der Waals surface area contributed by atoms with Gasteiger partial charge in [-0.3, -0.25) is 9.59 Å². The minimum atomic E-state index is -0.344. The molecule has 1 heterocycles. The molecule has 24 heavy (non-hydrogen) atoms. The highest BCUT2D eigenvalue weighted by Crippen LogP contribution is 2.24. The largest absolute Gasteiger partial charge is 0.349 e. The molecule has 132 valence electrons. The molecule has 1 aromatic rings. The van der Waals surface area contributed by atoms with Gasteiger partial charge in [0.05, 0.1) is 12.5 Å². The van der Waals surface area contributed by atoms with Crippen LogP contribution in [0.15, 0.2) is 24.3 Å². The molecule has 1 aliphatic rings. The van der Waals surface area contributed by atoms with E-state index < -0.39 is 0 Å². The molecule has 1 fully saturated rings. The van der Waals surface area contributed by atoms with Crippen LogP contribution in [0.5, 0.6) is 0 Å². The van der Waals surface area contributed by atoms with E-state index in [9.17, 15) is 9.59 Å². The molecule has 2 rings (SSSR count). The molecule has 0 aliphatic carbocycles. The molecule has 2 amide bonds. The van der Waals surface area contributed by atoms with Crippen molar-refractivity contribution in [3.8, 4) is 0 Å². The molecule has 1 aliphatic heterocycles. The Hall–Kier alpha value is -1.59. The Labute approximate surface area is 148 Å². The number of carbonyl (C=O) groups is 2. The van der Waals surface area contributed by atoms with E-state index in [1.54, 1.807) is 12.1 Å². The average Bonchev–Trinajstić information content (AvgIpc) is 2.54.